The zero-order valence-corrected chi connectivity index (χ0v) is 12.0. The van der Waals surface area contributed by atoms with E-state index in [-0.39, 0.29) is 12.2 Å². The molecule has 3 nitrogen and oxygen atoms in total. The molecule has 0 radical (unpaired) electrons. The fraction of sp³-hybridized carbons (Fsp3) is 0.0714. The third-order valence-corrected chi connectivity index (χ3v) is 3.13. The van der Waals surface area contributed by atoms with Gasteiger partial charge in [-0.1, -0.05) is 23.2 Å². The Kier molecular flexibility index (Phi) is 4.65. The molecule has 2 N–H and O–H groups in total. The standard InChI is InChI=1S/C14H9Cl2F2NO2/c15-8-1-7(2-9(16)3-8)6-19-13-4-10(14(20)21)11(17)5-12(13)18/h1-5,19H,6H2,(H,20,21). The van der Waals surface area contributed by atoms with Gasteiger partial charge in [-0.05, 0) is 29.8 Å². The quantitative estimate of drug-likeness (QED) is 0.861. The highest BCUT2D eigenvalue weighted by Gasteiger charge is 2.15. The molecule has 0 atom stereocenters. The Morgan fingerprint density at radius 2 is 1.67 bits per heavy atom. The number of hydrogen-bond acceptors (Lipinski definition) is 2. The van der Waals surface area contributed by atoms with E-state index in [9.17, 15) is 13.6 Å². The van der Waals surface area contributed by atoms with E-state index in [4.69, 9.17) is 28.3 Å². The second kappa shape index (κ2) is 6.28. The average molecular weight is 332 g/mol. The molecule has 2 rings (SSSR count). The van der Waals surface area contributed by atoms with Crippen molar-refractivity contribution in [3.63, 3.8) is 0 Å². The van der Waals surface area contributed by atoms with Gasteiger partial charge in [-0.15, -0.1) is 0 Å². The van der Waals surface area contributed by atoms with Crippen molar-refractivity contribution in [3.05, 3.63) is 63.1 Å². The molecule has 0 spiro atoms. The lowest BCUT2D eigenvalue weighted by Crippen LogP contribution is -2.06. The molecule has 21 heavy (non-hydrogen) atoms. The molecule has 0 unspecified atom stereocenters. The summed E-state index contributed by atoms with van der Waals surface area (Å²) in [5.41, 5.74) is -0.0546. The van der Waals surface area contributed by atoms with Gasteiger partial charge in [-0.25, -0.2) is 13.6 Å². The van der Waals surface area contributed by atoms with Crippen LogP contribution in [0.4, 0.5) is 14.5 Å². The summed E-state index contributed by atoms with van der Waals surface area (Å²) in [6.45, 7) is 0.155. The predicted molar refractivity (Wildman–Crippen MR) is 77.1 cm³/mol. The minimum absolute atomic E-state index is 0.120. The van der Waals surface area contributed by atoms with Crippen LogP contribution in [-0.4, -0.2) is 11.1 Å². The maximum Gasteiger partial charge on any atom is 0.338 e. The number of carboxylic acid groups (broad SMARTS) is 1. The van der Waals surface area contributed by atoms with Crippen LogP contribution in [-0.2, 0) is 6.54 Å². The van der Waals surface area contributed by atoms with E-state index in [1.165, 1.54) is 0 Å². The van der Waals surface area contributed by atoms with E-state index < -0.39 is 23.2 Å². The molecule has 2 aromatic rings. The number of carbonyl (C=O) groups is 1. The number of rotatable bonds is 4. The Morgan fingerprint density at radius 3 is 2.24 bits per heavy atom. The molecule has 0 saturated carbocycles. The fourth-order valence-electron chi connectivity index (χ4n) is 1.76. The van der Waals surface area contributed by atoms with E-state index in [0.29, 0.717) is 21.7 Å². The van der Waals surface area contributed by atoms with Crippen LogP contribution in [0.3, 0.4) is 0 Å². The lowest BCUT2D eigenvalue weighted by Gasteiger charge is -2.10. The normalized spacial score (nSPS) is 10.5. The molecule has 0 saturated heterocycles. The Labute approximate surface area is 129 Å². The maximum absolute atomic E-state index is 13.6. The van der Waals surface area contributed by atoms with Crippen LogP contribution in [0.25, 0.3) is 0 Å². The molecule has 0 amide bonds. The number of carboxylic acids is 1. The van der Waals surface area contributed by atoms with Crippen LogP contribution >= 0.6 is 23.2 Å². The van der Waals surface area contributed by atoms with Crippen molar-refractivity contribution in [2.24, 2.45) is 0 Å². The topological polar surface area (TPSA) is 49.3 Å². The van der Waals surface area contributed by atoms with Crippen LogP contribution in [0.15, 0.2) is 30.3 Å². The first-order valence-corrected chi connectivity index (χ1v) is 6.53. The van der Waals surface area contributed by atoms with Gasteiger partial charge in [0, 0.05) is 22.7 Å². The molecule has 7 heteroatoms. The molecular formula is C14H9Cl2F2NO2. The van der Waals surface area contributed by atoms with E-state index >= 15 is 0 Å². The molecule has 0 heterocycles. The van der Waals surface area contributed by atoms with Gasteiger partial charge in [-0.3, -0.25) is 0 Å². The highest BCUT2D eigenvalue weighted by Crippen LogP contribution is 2.23. The summed E-state index contributed by atoms with van der Waals surface area (Å²) in [4.78, 5) is 10.8. The molecule has 0 aromatic heterocycles. The Bertz CT molecular complexity index is 687. The molecular weight excluding hydrogens is 323 g/mol. The summed E-state index contributed by atoms with van der Waals surface area (Å²) in [5.74, 6) is -3.48. The summed E-state index contributed by atoms with van der Waals surface area (Å²) in [7, 11) is 0. The first-order chi connectivity index (χ1) is 9.86. The van der Waals surface area contributed by atoms with Crippen LogP contribution < -0.4 is 5.32 Å². The van der Waals surface area contributed by atoms with Gasteiger partial charge in [0.15, 0.2) is 0 Å². The number of nitrogens with one attached hydrogen (secondary N) is 1. The number of hydrogen-bond donors (Lipinski definition) is 2. The van der Waals surface area contributed by atoms with Crippen molar-refractivity contribution < 1.29 is 18.7 Å². The van der Waals surface area contributed by atoms with E-state index in [0.717, 1.165) is 6.07 Å². The number of aromatic carboxylic acids is 1. The summed E-state index contributed by atoms with van der Waals surface area (Å²) in [6.07, 6.45) is 0. The van der Waals surface area contributed by atoms with Gasteiger partial charge in [-0.2, -0.15) is 0 Å². The Balaban J connectivity index is 2.23. The third-order valence-electron chi connectivity index (χ3n) is 2.69. The van der Waals surface area contributed by atoms with Crippen LogP contribution in [0.1, 0.15) is 15.9 Å². The monoisotopic (exact) mass is 331 g/mol. The van der Waals surface area contributed by atoms with Gasteiger partial charge in [0.2, 0.25) is 0 Å². The molecule has 2 aromatic carbocycles. The molecule has 0 fully saturated rings. The van der Waals surface area contributed by atoms with Gasteiger partial charge in [0.1, 0.15) is 11.6 Å². The highest BCUT2D eigenvalue weighted by molar-refractivity contribution is 6.34. The van der Waals surface area contributed by atoms with Crippen molar-refractivity contribution in [1.82, 2.24) is 0 Å². The van der Waals surface area contributed by atoms with E-state index in [2.05, 4.69) is 5.32 Å². The number of benzene rings is 2. The van der Waals surface area contributed by atoms with E-state index in [1.54, 1.807) is 18.2 Å². The van der Waals surface area contributed by atoms with Crippen molar-refractivity contribution in [2.45, 2.75) is 6.54 Å². The van der Waals surface area contributed by atoms with Gasteiger partial charge < -0.3 is 10.4 Å². The minimum Gasteiger partial charge on any atom is -0.478 e. The zero-order chi connectivity index (χ0) is 15.6. The van der Waals surface area contributed by atoms with Gasteiger partial charge >= 0.3 is 5.97 Å². The first kappa shape index (κ1) is 15.5. The molecule has 0 aliphatic carbocycles. The van der Waals surface area contributed by atoms with Crippen molar-refractivity contribution in [3.8, 4) is 0 Å². The molecule has 0 aliphatic heterocycles. The summed E-state index contributed by atoms with van der Waals surface area (Å²) in [5, 5.41) is 12.3. The van der Waals surface area contributed by atoms with Crippen LogP contribution in [0.5, 0.6) is 0 Å². The highest BCUT2D eigenvalue weighted by atomic mass is 35.5. The second-order valence-corrected chi connectivity index (χ2v) is 5.12. The summed E-state index contributed by atoms with van der Waals surface area (Å²) >= 11 is 11.7. The summed E-state index contributed by atoms with van der Waals surface area (Å²) in [6, 6.07) is 6.23. The average Bonchev–Trinajstić information content (AvgIpc) is 2.36. The maximum atomic E-state index is 13.6. The number of halogens is 4. The predicted octanol–water partition coefficient (Wildman–Crippen LogP) is 4.58. The van der Waals surface area contributed by atoms with Gasteiger partial charge in [0.25, 0.3) is 0 Å². The molecule has 0 bridgehead atoms. The third kappa shape index (κ3) is 3.83. The second-order valence-electron chi connectivity index (χ2n) is 4.25. The van der Waals surface area contributed by atoms with Crippen molar-refractivity contribution in [2.75, 3.05) is 5.32 Å². The lowest BCUT2D eigenvalue weighted by atomic mass is 10.1. The molecule has 0 aliphatic rings. The van der Waals surface area contributed by atoms with E-state index in [1.807, 2.05) is 0 Å². The fourth-order valence-corrected chi connectivity index (χ4v) is 2.33. The SMILES string of the molecule is O=C(O)c1cc(NCc2cc(Cl)cc(Cl)c2)c(F)cc1F. The van der Waals surface area contributed by atoms with Crippen molar-refractivity contribution in [1.29, 1.82) is 0 Å². The largest absolute Gasteiger partial charge is 0.478 e. The molecule has 110 valence electrons. The first-order valence-electron chi connectivity index (χ1n) is 5.78. The van der Waals surface area contributed by atoms with Gasteiger partial charge in [0.05, 0.1) is 11.3 Å². The number of anilines is 1. The zero-order valence-electron chi connectivity index (χ0n) is 10.5. The van der Waals surface area contributed by atoms with Crippen molar-refractivity contribution >= 4 is 34.9 Å². The van der Waals surface area contributed by atoms with Crippen LogP contribution in [0.2, 0.25) is 10.0 Å². The Hall–Kier alpha value is -1.85. The van der Waals surface area contributed by atoms with Crippen LogP contribution in [0, 0.1) is 11.6 Å². The Morgan fingerprint density at radius 1 is 1.05 bits per heavy atom. The minimum atomic E-state index is -1.47. The summed E-state index contributed by atoms with van der Waals surface area (Å²) < 4.78 is 26.9. The lowest BCUT2D eigenvalue weighted by molar-refractivity contribution is 0.0692. The smallest absolute Gasteiger partial charge is 0.338 e.